The fourth-order valence-corrected chi connectivity index (χ4v) is 0.409. The molecule has 9 heteroatoms. The molecule has 0 aromatic carbocycles. The molecule has 0 aliphatic heterocycles. The van der Waals surface area contributed by atoms with Gasteiger partial charge in [0.05, 0.1) is 6.21 Å². The predicted molar refractivity (Wildman–Crippen MR) is 60.0 cm³/mol. The Morgan fingerprint density at radius 1 is 1.08 bits per heavy atom. The van der Waals surface area contributed by atoms with Crippen molar-refractivity contribution < 1.29 is 0 Å². The predicted octanol–water partition coefficient (Wildman–Crippen LogP) is -2.09. The third-order valence-electron chi connectivity index (χ3n) is 0.667. The molecule has 72 valence electrons. The zero-order chi connectivity index (χ0) is 10.3. The van der Waals surface area contributed by atoms with Gasteiger partial charge in [0.2, 0.25) is 0 Å². The molecular formula is C4H9N7S2. The quantitative estimate of drug-likeness (QED) is 0.159. The number of nitrogens with zero attached hydrogens (tertiary/aromatic N) is 2. The second-order valence-corrected chi connectivity index (χ2v) is 2.63. The molecule has 0 aliphatic carbocycles. The van der Waals surface area contributed by atoms with Gasteiger partial charge in [-0.1, -0.05) is 0 Å². The number of hydrogen-bond acceptors (Lipinski definition) is 4. The standard InChI is InChI=1S/C4H9N7S2/c5-2(9-11-4(7)13)1-8-10-3(6)12/h1H,(H2,5,9)(H3,6,10,12)(H3,7,11,13)/b8-1+. The summed E-state index contributed by atoms with van der Waals surface area (Å²) in [5.74, 6) is 0.0801. The van der Waals surface area contributed by atoms with E-state index in [9.17, 15) is 0 Å². The Hall–Kier alpha value is -1.48. The van der Waals surface area contributed by atoms with Crippen molar-refractivity contribution in [3.63, 3.8) is 0 Å². The zero-order valence-corrected chi connectivity index (χ0v) is 8.15. The van der Waals surface area contributed by atoms with Gasteiger partial charge in [0.15, 0.2) is 16.1 Å². The Balaban J connectivity index is 3.91. The van der Waals surface area contributed by atoms with Crippen molar-refractivity contribution in [1.82, 2.24) is 10.9 Å². The first-order valence-electron chi connectivity index (χ1n) is 2.99. The monoisotopic (exact) mass is 219 g/mol. The highest BCUT2D eigenvalue weighted by Crippen LogP contribution is 1.64. The summed E-state index contributed by atoms with van der Waals surface area (Å²) in [6.07, 6.45) is 1.20. The molecule has 13 heavy (non-hydrogen) atoms. The maximum Gasteiger partial charge on any atom is 0.184 e. The Morgan fingerprint density at radius 2 is 1.62 bits per heavy atom. The van der Waals surface area contributed by atoms with Crippen LogP contribution in [-0.4, -0.2) is 22.3 Å². The van der Waals surface area contributed by atoms with Gasteiger partial charge >= 0.3 is 0 Å². The number of amidine groups is 1. The summed E-state index contributed by atoms with van der Waals surface area (Å²) in [4.78, 5) is 0. The lowest BCUT2D eigenvalue weighted by Crippen LogP contribution is -2.29. The lowest BCUT2D eigenvalue weighted by molar-refractivity contribution is 1.02. The Bertz CT molecular complexity index is 257. The van der Waals surface area contributed by atoms with Crippen molar-refractivity contribution in [3.8, 4) is 0 Å². The molecule has 0 radical (unpaired) electrons. The average molecular weight is 219 g/mol. The zero-order valence-electron chi connectivity index (χ0n) is 6.52. The van der Waals surface area contributed by atoms with Crippen LogP contribution in [0.1, 0.15) is 0 Å². The third-order valence-corrected chi connectivity index (χ3v) is 0.849. The SMILES string of the molecule is NC(=S)N/N=C(N)/C=N/NC(N)=S. The normalized spacial score (nSPS) is 11.2. The molecule has 0 saturated carbocycles. The van der Waals surface area contributed by atoms with E-state index in [4.69, 9.17) is 17.2 Å². The van der Waals surface area contributed by atoms with Gasteiger partial charge in [0.1, 0.15) is 0 Å². The fourth-order valence-electron chi connectivity index (χ4n) is 0.311. The molecule has 0 amide bonds. The number of hydrazone groups is 2. The lowest BCUT2D eigenvalue weighted by atomic mass is 10.7. The summed E-state index contributed by atoms with van der Waals surface area (Å²) in [5, 5.41) is 7.10. The molecule has 0 aromatic heterocycles. The Morgan fingerprint density at radius 3 is 2.08 bits per heavy atom. The van der Waals surface area contributed by atoms with E-state index < -0.39 is 0 Å². The molecule has 0 rings (SSSR count). The van der Waals surface area contributed by atoms with Gasteiger partial charge in [-0.15, -0.1) is 0 Å². The lowest BCUT2D eigenvalue weighted by Gasteiger charge is -1.96. The van der Waals surface area contributed by atoms with Crippen molar-refractivity contribution in [1.29, 1.82) is 0 Å². The van der Waals surface area contributed by atoms with Crippen molar-refractivity contribution in [2.75, 3.05) is 0 Å². The van der Waals surface area contributed by atoms with Crippen LogP contribution in [0.25, 0.3) is 0 Å². The van der Waals surface area contributed by atoms with Crippen molar-refractivity contribution >= 4 is 46.7 Å². The van der Waals surface area contributed by atoms with Crippen LogP contribution >= 0.6 is 24.4 Å². The topological polar surface area (TPSA) is 127 Å². The van der Waals surface area contributed by atoms with E-state index in [1.54, 1.807) is 0 Å². The molecule has 0 aliphatic rings. The summed E-state index contributed by atoms with van der Waals surface area (Å²) in [7, 11) is 0. The molecule has 0 saturated heterocycles. The van der Waals surface area contributed by atoms with Crippen LogP contribution in [-0.2, 0) is 0 Å². The number of nitrogens with one attached hydrogen (secondary N) is 2. The second-order valence-electron chi connectivity index (χ2n) is 1.75. The first-order valence-corrected chi connectivity index (χ1v) is 3.81. The van der Waals surface area contributed by atoms with E-state index in [0.717, 1.165) is 0 Å². The highest BCUT2D eigenvalue weighted by Gasteiger charge is 1.86. The van der Waals surface area contributed by atoms with Crippen LogP contribution in [0.4, 0.5) is 0 Å². The van der Waals surface area contributed by atoms with Gasteiger partial charge in [-0.25, -0.2) is 0 Å². The van der Waals surface area contributed by atoms with E-state index in [1.165, 1.54) is 6.21 Å². The van der Waals surface area contributed by atoms with Gasteiger partial charge in [0.25, 0.3) is 0 Å². The summed E-state index contributed by atoms with van der Waals surface area (Å²) in [6, 6.07) is 0. The van der Waals surface area contributed by atoms with Gasteiger partial charge < -0.3 is 17.2 Å². The maximum atomic E-state index is 5.31. The summed E-state index contributed by atoms with van der Waals surface area (Å²) in [5.41, 5.74) is 20.0. The number of nitrogens with two attached hydrogens (primary N) is 3. The maximum absolute atomic E-state index is 5.31. The molecule has 0 heterocycles. The molecule has 0 unspecified atom stereocenters. The summed E-state index contributed by atoms with van der Waals surface area (Å²) < 4.78 is 0. The van der Waals surface area contributed by atoms with Crippen LogP contribution < -0.4 is 28.1 Å². The molecule has 0 spiro atoms. The van der Waals surface area contributed by atoms with Gasteiger partial charge in [0, 0.05) is 0 Å². The first-order chi connectivity index (χ1) is 6.02. The largest absolute Gasteiger partial charge is 0.381 e. The fraction of sp³-hybridized carbons (Fsp3) is 0. The van der Waals surface area contributed by atoms with Crippen LogP contribution in [0, 0.1) is 0 Å². The van der Waals surface area contributed by atoms with E-state index in [-0.39, 0.29) is 16.1 Å². The van der Waals surface area contributed by atoms with Crippen LogP contribution in [0.5, 0.6) is 0 Å². The molecule has 0 aromatic rings. The molecule has 8 N–H and O–H groups in total. The van der Waals surface area contributed by atoms with E-state index in [1.807, 2.05) is 0 Å². The minimum absolute atomic E-state index is 0.0126. The van der Waals surface area contributed by atoms with Crippen LogP contribution in [0.2, 0.25) is 0 Å². The van der Waals surface area contributed by atoms with Gasteiger partial charge in [-0.2, -0.15) is 10.2 Å². The van der Waals surface area contributed by atoms with Gasteiger partial charge in [-0.3, -0.25) is 10.9 Å². The van der Waals surface area contributed by atoms with E-state index >= 15 is 0 Å². The number of thiocarbonyl (C=S) groups is 2. The van der Waals surface area contributed by atoms with Crippen molar-refractivity contribution in [3.05, 3.63) is 0 Å². The molecular weight excluding hydrogens is 210 g/mol. The summed E-state index contributed by atoms with van der Waals surface area (Å²) >= 11 is 8.94. The van der Waals surface area contributed by atoms with Crippen molar-refractivity contribution in [2.45, 2.75) is 0 Å². The van der Waals surface area contributed by atoms with Gasteiger partial charge in [-0.05, 0) is 24.4 Å². The smallest absolute Gasteiger partial charge is 0.184 e. The third kappa shape index (κ3) is 8.43. The number of hydrogen-bond donors (Lipinski definition) is 5. The second kappa shape index (κ2) is 6.08. The molecule has 0 bridgehead atoms. The highest BCUT2D eigenvalue weighted by molar-refractivity contribution is 7.80. The first kappa shape index (κ1) is 11.5. The van der Waals surface area contributed by atoms with Crippen LogP contribution in [0.3, 0.4) is 0 Å². The minimum Gasteiger partial charge on any atom is -0.381 e. The Labute approximate surface area is 85.4 Å². The summed E-state index contributed by atoms with van der Waals surface area (Å²) in [6.45, 7) is 0. The number of rotatable bonds is 3. The Kier molecular flexibility index (Phi) is 5.39. The average Bonchev–Trinajstić information content (AvgIpc) is 2.00. The molecule has 0 atom stereocenters. The van der Waals surface area contributed by atoms with Crippen LogP contribution in [0.15, 0.2) is 10.2 Å². The molecule has 0 fully saturated rings. The molecule has 7 nitrogen and oxygen atoms in total. The highest BCUT2D eigenvalue weighted by atomic mass is 32.1. The minimum atomic E-state index is 0.0126. The van der Waals surface area contributed by atoms with E-state index in [0.29, 0.717) is 0 Å². The van der Waals surface area contributed by atoms with E-state index in [2.05, 4.69) is 45.5 Å². The van der Waals surface area contributed by atoms with Crippen molar-refractivity contribution in [2.24, 2.45) is 27.4 Å².